The van der Waals surface area contributed by atoms with Crippen LogP contribution in [0.1, 0.15) is 85.0 Å². The van der Waals surface area contributed by atoms with Crippen molar-refractivity contribution >= 4 is 11.6 Å². The number of rotatable bonds is 15. The molecule has 0 bridgehead atoms. The highest BCUT2D eigenvalue weighted by Crippen LogP contribution is 2.17. The number of hydrogen-bond donors (Lipinski definition) is 0. The molecule has 0 heterocycles. The van der Waals surface area contributed by atoms with E-state index in [0.29, 0.717) is 0 Å². The molecule has 0 rings (SSSR count). The van der Waals surface area contributed by atoms with Crippen LogP contribution >= 0.6 is 11.6 Å². The summed E-state index contributed by atoms with van der Waals surface area (Å²) >= 11 is 5.88. The first-order chi connectivity index (χ1) is 9.74. The Kier molecular flexibility index (Phi) is 14.4. The molecule has 0 amide bonds. The van der Waals surface area contributed by atoms with Crippen LogP contribution in [-0.2, 0) is 0 Å². The van der Waals surface area contributed by atoms with E-state index in [2.05, 4.69) is 20.8 Å². The Bertz CT molecular complexity index is 167. The van der Waals surface area contributed by atoms with Gasteiger partial charge in [0, 0.05) is 5.88 Å². The molecule has 0 saturated carbocycles. The van der Waals surface area contributed by atoms with E-state index in [-0.39, 0.29) is 0 Å². The largest absolute Gasteiger partial charge is 0.324 e. The molecule has 0 spiro atoms. The second-order valence-electron chi connectivity index (χ2n) is 6.40. The van der Waals surface area contributed by atoms with Crippen molar-refractivity contribution in [2.75, 3.05) is 32.1 Å². The Morgan fingerprint density at radius 2 is 0.950 bits per heavy atom. The number of nitrogens with zero attached hydrogens (tertiary/aromatic N) is 1. The molecule has 0 unspecified atom stereocenters. The van der Waals surface area contributed by atoms with Gasteiger partial charge in [-0.15, -0.1) is 11.6 Å². The Morgan fingerprint density at radius 1 is 0.550 bits per heavy atom. The van der Waals surface area contributed by atoms with Gasteiger partial charge in [0.25, 0.3) is 0 Å². The minimum Gasteiger partial charge on any atom is -0.324 e. The zero-order chi connectivity index (χ0) is 15.1. The molecule has 0 aliphatic heterocycles. The van der Waals surface area contributed by atoms with Crippen LogP contribution in [0.3, 0.4) is 0 Å². The van der Waals surface area contributed by atoms with Crippen LogP contribution < -0.4 is 0 Å². The van der Waals surface area contributed by atoms with E-state index in [9.17, 15) is 0 Å². The van der Waals surface area contributed by atoms with Gasteiger partial charge in [-0.3, -0.25) is 0 Å². The first kappa shape index (κ1) is 20.2. The van der Waals surface area contributed by atoms with Crippen LogP contribution in [0.2, 0.25) is 0 Å². The van der Waals surface area contributed by atoms with Gasteiger partial charge in [0.05, 0.1) is 26.2 Å². The van der Waals surface area contributed by atoms with Crippen LogP contribution in [0.15, 0.2) is 0 Å². The van der Waals surface area contributed by atoms with E-state index in [0.717, 1.165) is 5.88 Å². The Morgan fingerprint density at radius 3 is 1.35 bits per heavy atom. The number of halogens is 1. The Labute approximate surface area is 133 Å². The van der Waals surface area contributed by atoms with Crippen molar-refractivity contribution in [1.29, 1.82) is 0 Å². The van der Waals surface area contributed by atoms with E-state index >= 15 is 0 Å². The first-order valence-electron chi connectivity index (χ1n) is 9.15. The predicted octanol–water partition coefficient (Wildman–Crippen LogP) is 6.00. The minimum atomic E-state index is 0.831. The molecule has 0 radical (unpaired) electrons. The van der Waals surface area contributed by atoms with E-state index in [1.807, 2.05) is 0 Å². The molecule has 122 valence electrons. The topological polar surface area (TPSA) is 0 Å². The summed E-state index contributed by atoms with van der Waals surface area (Å²) in [4.78, 5) is 0. The van der Waals surface area contributed by atoms with Gasteiger partial charge in [-0.1, -0.05) is 40.0 Å². The average Bonchev–Trinajstić information content (AvgIpc) is 2.46. The minimum absolute atomic E-state index is 0.831. The number of unbranched alkanes of at least 4 members (excludes halogenated alkanes) is 6. The lowest BCUT2D eigenvalue weighted by Gasteiger charge is -2.39. The van der Waals surface area contributed by atoms with Crippen molar-refractivity contribution in [2.24, 2.45) is 0 Å². The van der Waals surface area contributed by atoms with Crippen molar-refractivity contribution < 1.29 is 4.48 Å². The van der Waals surface area contributed by atoms with E-state index in [4.69, 9.17) is 11.6 Å². The zero-order valence-corrected chi connectivity index (χ0v) is 15.2. The van der Waals surface area contributed by atoms with Gasteiger partial charge in [0.1, 0.15) is 0 Å². The molecule has 20 heavy (non-hydrogen) atoms. The van der Waals surface area contributed by atoms with Gasteiger partial charge in [-0.05, 0) is 44.9 Å². The maximum Gasteiger partial charge on any atom is 0.0787 e. The molecule has 0 aliphatic carbocycles. The van der Waals surface area contributed by atoms with Crippen molar-refractivity contribution in [2.45, 2.75) is 85.0 Å². The molecular weight excluding hydrogens is 266 g/mol. The quantitative estimate of drug-likeness (QED) is 0.198. The third kappa shape index (κ3) is 10.0. The number of alkyl halides is 1. The maximum absolute atomic E-state index is 5.88. The summed E-state index contributed by atoms with van der Waals surface area (Å²) in [5.41, 5.74) is 0. The second-order valence-corrected chi connectivity index (χ2v) is 6.78. The molecule has 2 heteroatoms. The monoisotopic (exact) mass is 304 g/mol. The molecular formula is C18H39ClN+. The Hall–Kier alpha value is 0.250. The number of quaternary nitrogens is 1. The van der Waals surface area contributed by atoms with Crippen molar-refractivity contribution in [3.63, 3.8) is 0 Å². The summed E-state index contributed by atoms with van der Waals surface area (Å²) in [6.45, 7) is 12.5. The van der Waals surface area contributed by atoms with Crippen molar-refractivity contribution in [1.82, 2.24) is 0 Å². The fourth-order valence-electron chi connectivity index (χ4n) is 3.10. The molecule has 0 aromatic carbocycles. The molecule has 0 N–H and O–H groups in total. The van der Waals surface area contributed by atoms with Crippen LogP contribution in [-0.4, -0.2) is 36.5 Å². The third-order valence-electron chi connectivity index (χ3n) is 4.47. The van der Waals surface area contributed by atoms with Gasteiger partial charge in [0.15, 0.2) is 0 Å². The summed E-state index contributed by atoms with van der Waals surface area (Å²) in [5, 5.41) is 0. The summed E-state index contributed by atoms with van der Waals surface area (Å²) < 4.78 is 1.38. The summed E-state index contributed by atoms with van der Waals surface area (Å²) in [6, 6.07) is 0. The normalized spacial score (nSPS) is 12.0. The van der Waals surface area contributed by atoms with Gasteiger partial charge in [-0.25, -0.2) is 0 Å². The van der Waals surface area contributed by atoms with Crippen LogP contribution in [0.25, 0.3) is 0 Å². The highest BCUT2D eigenvalue weighted by Gasteiger charge is 2.25. The number of hydrogen-bond acceptors (Lipinski definition) is 0. The SMILES string of the molecule is CCCCC[N+](CCCC)(CCCCC)CCCCCl. The molecule has 1 nitrogen and oxygen atoms in total. The fourth-order valence-corrected chi connectivity index (χ4v) is 3.29. The molecule has 0 aliphatic rings. The molecule has 0 atom stereocenters. The van der Waals surface area contributed by atoms with Crippen LogP contribution in [0.4, 0.5) is 0 Å². The van der Waals surface area contributed by atoms with E-state index < -0.39 is 0 Å². The summed E-state index contributed by atoms with van der Waals surface area (Å²) in [7, 11) is 0. The average molecular weight is 305 g/mol. The molecule has 0 aromatic heterocycles. The molecule has 0 fully saturated rings. The molecule has 0 saturated heterocycles. The predicted molar refractivity (Wildman–Crippen MR) is 93.6 cm³/mol. The lowest BCUT2D eigenvalue weighted by Crippen LogP contribution is -2.50. The molecule has 0 aromatic rings. The first-order valence-corrected chi connectivity index (χ1v) is 9.69. The summed E-state index contributed by atoms with van der Waals surface area (Å²) in [5.74, 6) is 0.831. The van der Waals surface area contributed by atoms with Crippen LogP contribution in [0, 0.1) is 0 Å². The van der Waals surface area contributed by atoms with Gasteiger partial charge >= 0.3 is 0 Å². The lowest BCUT2D eigenvalue weighted by atomic mass is 10.1. The van der Waals surface area contributed by atoms with Gasteiger partial charge in [0.2, 0.25) is 0 Å². The van der Waals surface area contributed by atoms with Crippen LogP contribution in [0.5, 0.6) is 0 Å². The Balaban J connectivity index is 4.48. The van der Waals surface area contributed by atoms with Gasteiger partial charge < -0.3 is 4.48 Å². The third-order valence-corrected chi connectivity index (χ3v) is 4.74. The summed E-state index contributed by atoms with van der Waals surface area (Å²) in [6.07, 6.45) is 13.5. The van der Waals surface area contributed by atoms with Crippen molar-refractivity contribution in [3.05, 3.63) is 0 Å². The smallest absolute Gasteiger partial charge is 0.0787 e. The lowest BCUT2D eigenvalue weighted by molar-refractivity contribution is -0.929. The zero-order valence-electron chi connectivity index (χ0n) is 14.4. The van der Waals surface area contributed by atoms with E-state index in [1.165, 1.54) is 94.9 Å². The van der Waals surface area contributed by atoms with E-state index in [1.54, 1.807) is 0 Å². The fraction of sp³-hybridized carbons (Fsp3) is 1.00. The van der Waals surface area contributed by atoms with Gasteiger partial charge in [-0.2, -0.15) is 0 Å². The highest BCUT2D eigenvalue weighted by molar-refractivity contribution is 6.17. The van der Waals surface area contributed by atoms with Crippen molar-refractivity contribution in [3.8, 4) is 0 Å². The highest BCUT2D eigenvalue weighted by atomic mass is 35.5. The maximum atomic E-state index is 5.88. The standard InChI is InChI=1S/C18H39ClN/c1-4-7-11-16-20(15-9-6-3,17-12-8-5-2)18-13-10-14-19/h4-18H2,1-3H3/q+1. The second kappa shape index (κ2) is 14.2.